The average molecular weight is 640 g/mol. The van der Waals surface area contributed by atoms with Crippen LogP contribution < -0.4 is 15.9 Å². The topological polar surface area (TPSA) is 196 Å². The lowest BCUT2D eigenvalue weighted by atomic mass is 9.92. The molecule has 0 saturated carbocycles. The van der Waals surface area contributed by atoms with Gasteiger partial charge in [0.1, 0.15) is 22.0 Å². The van der Waals surface area contributed by atoms with Gasteiger partial charge in [-0.25, -0.2) is 29.1 Å². The number of aromatic nitrogens is 3. The average Bonchev–Trinajstić information content (AvgIpc) is 3.36. The van der Waals surface area contributed by atoms with Gasteiger partial charge >= 0.3 is 5.09 Å². The summed E-state index contributed by atoms with van der Waals surface area (Å²) in [6.45, 7) is 6.89. The van der Waals surface area contributed by atoms with E-state index in [2.05, 4.69) is 4.98 Å². The molecule has 4 N–H and O–H groups in total. The highest BCUT2D eigenvalue weighted by atomic mass is 32.2. The third-order valence-corrected chi connectivity index (χ3v) is 9.44. The Labute approximate surface area is 256 Å². The molecule has 1 aromatic carbocycles. The smallest absolute Gasteiger partial charge is 0.475 e. The van der Waals surface area contributed by atoms with E-state index in [1.54, 1.807) is 6.07 Å². The molecule has 1 saturated heterocycles. The summed E-state index contributed by atoms with van der Waals surface area (Å²) >= 11 is 0. The van der Waals surface area contributed by atoms with Gasteiger partial charge in [0.15, 0.2) is 6.61 Å². The van der Waals surface area contributed by atoms with Crippen molar-refractivity contribution in [3.8, 4) is 17.1 Å². The number of nitrogens with one attached hydrogen (secondary N) is 1. The number of H-pyrrole nitrogens is 1. The first-order valence-electron chi connectivity index (χ1n) is 14.4. The van der Waals surface area contributed by atoms with E-state index in [0.29, 0.717) is 48.3 Å². The van der Waals surface area contributed by atoms with Gasteiger partial charge in [0.2, 0.25) is 16.1 Å². The monoisotopic (exact) mass is 639 g/mol. The zero-order valence-corrected chi connectivity index (χ0v) is 25.3. The molecule has 4 rings (SSSR count). The third kappa shape index (κ3) is 7.55. The lowest BCUT2D eigenvalue weighted by molar-refractivity contribution is -0.985. The van der Waals surface area contributed by atoms with Crippen LogP contribution in [0.5, 0.6) is 5.75 Å². The number of ether oxygens (including phenoxy) is 1. The third-order valence-electron chi connectivity index (χ3n) is 7.54. The summed E-state index contributed by atoms with van der Waals surface area (Å²) in [7, 11) is -3.98. The maximum absolute atomic E-state index is 13.8. The second-order valence-electron chi connectivity index (χ2n) is 10.4. The zero-order chi connectivity index (χ0) is 31.1. The van der Waals surface area contributed by atoms with Crippen LogP contribution in [0.2, 0.25) is 0 Å². The van der Waals surface area contributed by atoms with Crippen molar-refractivity contribution in [1.82, 2.24) is 18.8 Å². The number of nitrogens with two attached hydrogens (primary N) is 1. The number of aryl methyl sites for hydroxylation is 2. The van der Waals surface area contributed by atoms with Crippen molar-refractivity contribution in [2.24, 2.45) is 5.92 Å². The van der Waals surface area contributed by atoms with Crippen molar-refractivity contribution in [1.29, 1.82) is 0 Å². The number of piperidine rings is 1. The molecule has 15 nitrogen and oxygen atoms in total. The van der Waals surface area contributed by atoms with Crippen molar-refractivity contribution < 1.29 is 38.8 Å². The van der Waals surface area contributed by atoms with E-state index >= 15 is 0 Å². The van der Waals surface area contributed by atoms with Gasteiger partial charge < -0.3 is 19.5 Å². The minimum atomic E-state index is -3.98. The Morgan fingerprint density at radius 3 is 2.57 bits per heavy atom. The first-order valence-corrected chi connectivity index (χ1v) is 15.9. The molecule has 3 aromatic rings. The first kappa shape index (κ1) is 34.9. The molecule has 0 unspecified atom stereocenters. The molecule has 0 radical (unpaired) electrons. The van der Waals surface area contributed by atoms with Crippen LogP contribution in [0.3, 0.4) is 0 Å². The predicted octanol–water partition coefficient (Wildman–Crippen LogP) is 2.65. The highest BCUT2D eigenvalue weighted by molar-refractivity contribution is 7.89. The van der Waals surface area contributed by atoms with Crippen molar-refractivity contribution in [2.45, 2.75) is 77.8 Å². The number of benzene rings is 1. The Hall–Kier alpha value is -3.57. The molecule has 0 aliphatic carbocycles. The minimum Gasteiger partial charge on any atom is -0.601 e. The lowest BCUT2D eigenvalue weighted by Crippen LogP contribution is -2.77. The minimum absolute atomic E-state index is 0. The van der Waals surface area contributed by atoms with E-state index in [1.807, 2.05) is 31.5 Å². The van der Waals surface area contributed by atoms with Crippen molar-refractivity contribution in [2.75, 3.05) is 26.3 Å². The molecular weight excluding hydrogens is 596 g/mol. The fourth-order valence-corrected chi connectivity index (χ4v) is 6.93. The van der Waals surface area contributed by atoms with E-state index < -0.39 is 21.2 Å². The van der Waals surface area contributed by atoms with Crippen LogP contribution in [0.1, 0.15) is 59.4 Å². The maximum Gasteiger partial charge on any atom is 0.475 e. The number of nitrogens with zero attached hydrogens (tertiary/aromatic N) is 4. The lowest BCUT2D eigenvalue weighted by Gasteiger charge is -2.32. The molecule has 0 amide bonds. The van der Waals surface area contributed by atoms with Gasteiger partial charge in [0.05, 0.1) is 22.6 Å². The highest BCUT2D eigenvalue weighted by Crippen LogP contribution is 2.34. The van der Waals surface area contributed by atoms with Crippen LogP contribution in [-0.4, -0.2) is 70.0 Å². The molecule has 0 bridgehead atoms. The van der Waals surface area contributed by atoms with Gasteiger partial charge in [-0.3, -0.25) is 4.79 Å². The van der Waals surface area contributed by atoms with Gasteiger partial charge in [-0.05, 0) is 56.4 Å². The number of hydrogen-bond donors (Lipinski definition) is 3. The Morgan fingerprint density at radius 1 is 1.23 bits per heavy atom. The summed E-state index contributed by atoms with van der Waals surface area (Å²) in [5.74, 6) is 0.270. The summed E-state index contributed by atoms with van der Waals surface area (Å²) in [6, 6.07) is 4.51. The number of rotatable bonds is 15. The second kappa shape index (κ2) is 15.4. The van der Waals surface area contributed by atoms with Crippen LogP contribution in [0.25, 0.3) is 22.4 Å². The fourth-order valence-electron chi connectivity index (χ4n) is 5.43. The quantitative estimate of drug-likeness (QED) is 0.208. The van der Waals surface area contributed by atoms with E-state index in [9.17, 15) is 23.3 Å². The molecule has 3 heterocycles. The summed E-state index contributed by atoms with van der Waals surface area (Å²) in [5.41, 5.74) is 2.23. The molecule has 1 aliphatic rings. The number of aromatic amines is 1. The van der Waals surface area contributed by atoms with Crippen molar-refractivity contribution in [3.05, 3.63) is 50.4 Å². The van der Waals surface area contributed by atoms with Crippen molar-refractivity contribution >= 4 is 21.1 Å². The largest absolute Gasteiger partial charge is 0.601 e. The maximum atomic E-state index is 13.8. The van der Waals surface area contributed by atoms with Gasteiger partial charge in [-0.15, -0.1) is 0 Å². The number of sulfonamides is 1. The number of quaternary nitrogens is 1. The summed E-state index contributed by atoms with van der Waals surface area (Å²) in [4.78, 5) is 41.5. The molecule has 1 fully saturated rings. The van der Waals surface area contributed by atoms with Crippen LogP contribution in [-0.2, 0) is 32.7 Å². The summed E-state index contributed by atoms with van der Waals surface area (Å²) in [5, 5.41) is 18.9. The Morgan fingerprint density at radius 2 is 1.95 bits per heavy atom. The Bertz CT molecular complexity index is 1580. The predicted molar refractivity (Wildman–Crippen MR) is 161 cm³/mol. The molecule has 244 valence electrons. The van der Waals surface area contributed by atoms with Gasteiger partial charge in [0, 0.05) is 31.7 Å². The Balaban J connectivity index is 0.00000529. The fraction of sp³-hybridized carbons (Fsp3) is 0.571. The van der Waals surface area contributed by atoms with Crippen LogP contribution in [0, 0.1) is 16.0 Å². The first-order chi connectivity index (χ1) is 20.6. The highest BCUT2D eigenvalue weighted by Gasteiger charge is 2.37. The Kier molecular flexibility index (Phi) is 12.2. The van der Waals surface area contributed by atoms with Gasteiger partial charge in [-0.1, -0.05) is 27.7 Å². The van der Waals surface area contributed by atoms with Crippen LogP contribution in [0.4, 0.5) is 0 Å². The molecule has 44 heavy (non-hydrogen) atoms. The molecule has 16 heteroatoms. The molecular formula is C28H43N6O9S+. The van der Waals surface area contributed by atoms with Crippen LogP contribution >= 0.6 is 0 Å². The second-order valence-corrected chi connectivity index (χ2v) is 12.3. The molecule has 1 atom stereocenters. The molecule has 1 aliphatic heterocycles. The summed E-state index contributed by atoms with van der Waals surface area (Å²) < 4.78 is 36.7. The summed E-state index contributed by atoms with van der Waals surface area (Å²) in [6.07, 6.45) is 3.93. The van der Waals surface area contributed by atoms with E-state index in [-0.39, 0.29) is 55.0 Å². The van der Waals surface area contributed by atoms with E-state index in [0.717, 1.165) is 24.8 Å². The van der Waals surface area contributed by atoms with E-state index in [4.69, 9.17) is 24.6 Å². The van der Waals surface area contributed by atoms with Crippen molar-refractivity contribution in [3.63, 3.8) is 0 Å². The molecule has 0 spiro atoms. The molecule has 2 aromatic heterocycles. The van der Waals surface area contributed by atoms with Gasteiger partial charge in [0.25, 0.3) is 5.56 Å². The van der Waals surface area contributed by atoms with Crippen LogP contribution in [0.15, 0.2) is 34.1 Å². The van der Waals surface area contributed by atoms with Gasteiger partial charge in [-0.2, -0.15) is 9.14 Å². The SMILES string of the molecule is C.CCCOc1ccc(S(=O)(=O)N2CCC([C@H](CO[NH2+][O-])O[N+](=O)O)CC2)cc1-c1nc2c(CCC)cn(CC)c2c(=O)[nH]1. The number of hydrogen-bond acceptors (Lipinski definition) is 9. The normalized spacial score (nSPS) is 15.2. The zero-order valence-electron chi connectivity index (χ0n) is 24.5. The standard InChI is InChI=1S/C27H38N6O9S.CH4/c1-4-7-19-16-31(6-3)25-24(19)28-26(29-27(25)34)21-15-20(8-9-22(21)40-14-5-2)43(38,39)32-12-10-18(11-13-32)23(17-41-30-35)42-33(36)37;/h8-9,15-16,18,23H,4-7,10-14,17,30H2,1-3H3,(H-,28,29,34,36,37);1H4/p+1/t23-;/m0./s1. The number of fused-ring (bicyclic) bond motifs is 1. The van der Waals surface area contributed by atoms with E-state index in [1.165, 1.54) is 16.4 Å².